The van der Waals surface area contributed by atoms with Gasteiger partial charge in [0.05, 0.1) is 11.7 Å². The molecule has 2 heterocycles. The van der Waals surface area contributed by atoms with Crippen molar-refractivity contribution in [1.29, 1.82) is 0 Å². The zero-order valence-corrected chi connectivity index (χ0v) is 16.8. The molecule has 1 aliphatic rings. The van der Waals surface area contributed by atoms with E-state index in [4.69, 9.17) is 4.74 Å². The first-order valence-electron chi connectivity index (χ1n) is 8.80. The lowest BCUT2D eigenvalue weighted by atomic mass is 10.1. The van der Waals surface area contributed by atoms with E-state index < -0.39 is 0 Å². The lowest BCUT2D eigenvalue weighted by molar-refractivity contribution is 0.0507. The monoisotopic (exact) mass is 417 g/mol. The summed E-state index contributed by atoms with van der Waals surface area (Å²) in [6.07, 6.45) is 5.47. The number of aromatic nitrogens is 1. The van der Waals surface area contributed by atoms with E-state index in [1.54, 1.807) is 12.4 Å². The second-order valence-electron chi connectivity index (χ2n) is 6.77. The smallest absolute Gasteiger partial charge is 0.255 e. The summed E-state index contributed by atoms with van der Waals surface area (Å²) in [5, 5.41) is 0. The van der Waals surface area contributed by atoms with Crippen molar-refractivity contribution in [3.8, 4) is 0 Å². The molecule has 1 fully saturated rings. The number of carbonyl (C=O) groups is 1. The molecule has 3 rings (SSSR count). The molecule has 1 aromatic carbocycles. The zero-order valence-electron chi connectivity index (χ0n) is 15.2. The molecule has 0 radical (unpaired) electrons. The van der Waals surface area contributed by atoms with E-state index in [9.17, 15) is 4.79 Å². The van der Waals surface area contributed by atoms with Gasteiger partial charge in [0.25, 0.3) is 5.91 Å². The molecule has 1 atom stereocenters. The largest absolute Gasteiger partial charge is 0.378 e. The van der Waals surface area contributed by atoms with Gasteiger partial charge < -0.3 is 14.5 Å². The number of hydrogen-bond acceptors (Lipinski definition) is 4. The number of carbonyl (C=O) groups excluding carboxylic acids is 1. The van der Waals surface area contributed by atoms with Crippen molar-refractivity contribution in [2.75, 3.05) is 32.1 Å². The van der Waals surface area contributed by atoms with Gasteiger partial charge >= 0.3 is 0 Å². The van der Waals surface area contributed by atoms with Crippen molar-refractivity contribution in [3.63, 3.8) is 0 Å². The SMILES string of the molecule is CN(C)c1ccc(CN(C[C@@H]2CCCO2)C(=O)c2cncc(Br)c2)cc1. The number of halogens is 1. The highest BCUT2D eigenvalue weighted by Crippen LogP contribution is 2.20. The molecule has 1 amide bonds. The molecule has 0 unspecified atom stereocenters. The molecule has 1 aliphatic heterocycles. The predicted molar refractivity (Wildman–Crippen MR) is 106 cm³/mol. The first kappa shape index (κ1) is 18.9. The Kier molecular flexibility index (Phi) is 6.27. The summed E-state index contributed by atoms with van der Waals surface area (Å²) in [7, 11) is 4.03. The number of anilines is 1. The molecular formula is C20H24BrN3O2. The van der Waals surface area contributed by atoms with Crippen molar-refractivity contribution in [2.24, 2.45) is 0 Å². The number of pyridine rings is 1. The van der Waals surface area contributed by atoms with E-state index in [0.717, 1.165) is 35.2 Å². The maximum absolute atomic E-state index is 13.1. The Hall–Kier alpha value is -1.92. The lowest BCUT2D eigenvalue weighted by Gasteiger charge is -2.26. The summed E-state index contributed by atoms with van der Waals surface area (Å²) in [4.78, 5) is 21.1. The van der Waals surface area contributed by atoms with Crippen LogP contribution in [0, 0.1) is 0 Å². The number of nitrogens with zero attached hydrogens (tertiary/aromatic N) is 3. The van der Waals surface area contributed by atoms with Crippen molar-refractivity contribution in [3.05, 3.63) is 58.3 Å². The quantitative estimate of drug-likeness (QED) is 0.717. The molecule has 0 N–H and O–H groups in total. The van der Waals surface area contributed by atoms with Gasteiger partial charge in [0.2, 0.25) is 0 Å². The predicted octanol–water partition coefficient (Wildman–Crippen LogP) is 3.73. The topological polar surface area (TPSA) is 45.7 Å². The van der Waals surface area contributed by atoms with E-state index in [1.807, 2.05) is 25.1 Å². The van der Waals surface area contributed by atoms with E-state index in [1.165, 1.54) is 0 Å². The fourth-order valence-corrected chi connectivity index (χ4v) is 3.45. The van der Waals surface area contributed by atoms with Gasteiger partial charge in [-0.25, -0.2) is 0 Å². The van der Waals surface area contributed by atoms with Gasteiger partial charge in [0, 0.05) is 56.3 Å². The minimum absolute atomic E-state index is 0.0222. The van der Waals surface area contributed by atoms with Crippen LogP contribution in [0.15, 0.2) is 47.2 Å². The van der Waals surface area contributed by atoms with E-state index in [-0.39, 0.29) is 12.0 Å². The van der Waals surface area contributed by atoms with Crippen LogP contribution in [0.4, 0.5) is 5.69 Å². The highest BCUT2D eigenvalue weighted by Gasteiger charge is 2.24. The van der Waals surface area contributed by atoms with Crippen LogP contribution >= 0.6 is 15.9 Å². The normalized spacial score (nSPS) is 16.5. The van der Waals surface area contributed by atoms with Crippen LogP contribution in [0.3, 0.4) is 0 Å². The summed E-state index contributed by atoms with van der Waals surface area (Å²) in [6, 6.07) is 10.1. The van der Waals surface area contributed by atoms with Gasteiger partial charge in [-0.2, -0.15) is 0 Å². The molecule has 1 saturated heterocycles. The highest BCUT2D eigenvalue weighted by atomic mass is 79.9. The summed E-state index contributed by atoms with van der Waals surface area (Å²) < 4.78 is 6.56. The van der Waals surface area contributed by atoms with Gasteiger partial charge in [-0.15, -0.1) is 0 Å². The third-order valence-electron chi connectivity index (χ3n) is 4.51. The van der Waals surface area contributed by atoms with Gasteiger partial charge in [-0.3, -0.25) is 9.78 Å². The van der Waals surface area contributed by atoms with Gasteiger partial charge in [-0.05, 0) is 52.5 Å². The van der Waals surface area contributed by atoms with Gasteiger partial charge in [0.15, 0.2) is 0 Å². The molecule has 0 spiro atoms. The van der Waals surface area contributed by atoms with Crippen molar-refractivity contribution in [2.45, 2.75) is 25.5 Å². The Bertz CT molecular complexity index is 743. The van der Waals surface area contributed by atoms with E-state index in [0.29, 0.717) is 18.7 Å². The third kappa shape index (κ3) is 4.83. The number of benzene rings is 1. The van der Waals surface area contributed by atoms with Crippen LogP contribution in [0.1, 0.15) is 28.8 Å². The molecule has 6 heteroatoms. The summed E-state index contributed by atoms with van der Waals surface area (Å²) in [6.45, 7) is 1.93. The molecule has 138 valence electrons. The number of rotatable bonds is 6. The highest BCUT2D eigenvalue weighted by molar-refractivity contribution is 9.10. The second kappa shape index (κ2) is 8.64. The maximum atomic E-state index is 13.1. The fourth-order valence-electron chi connectivity index (χ4n) is 3.08. The molecular weight excluding hydrogens is 394 g/mol. The average molecular weight is 418 g/mol. The Morgan fingerprint density at radius 2 is 2.04 bits per heavy atom. The third-order valence-corrected chi connectivity index (χ3v) is 4.95. The van der Waals surface area contributed by atoms with E-state index in [2.05, 4.69) is 50.1 Å². The van der Waals surface area contributed by atoms with Crippen molar-refractivity contribution >= 4 is 27.5 Å². The van der Waals surface area contributed by atoms with Crippen LogP contribution < -0.4 is 4.90 Å². The molecule has 0 bridgehead atoms. The Morgan fingerprint density at radius 1 is 1.27 bits per heavy atom. The molecule has 2 aromatic rings. The number of hydrogen-bond donors (Lipinski definition) is 0. The molecule has 5 nitrogen and oxygen atoms in total. The van der Waals surface area contributed by atoms with Crippen LogP contribution in [0.2, 0.25) is 0 Å². The van der Waals surface area contributed by atoms with Crippen molar-refractivity contribution in [1.82, 2.24) is 9.88 Å². The van der Waals surface area contributed by atoms with Crippen LogP contribution in [0.25, 0.3) is 0 Å². The molecule has 0 aliphatic carbocycles. The van der Waals surface area contributed by atoms with Gasteiger partial charge in [-0.1, -0.05) is 12.1 Å². The Labute approximate surface area is 163 Å². The zero-order chi connectivity index (χ0) is 18.5. The lowest BCUT2D eigenvalue weighted by Crippen LogP contribution is -2.37. The van der Waals surface area contributed by atoms with Gasteiger partial charge in [0.1, 0.15) is 0 Å². The number of amides is 1. The van der Waals surface area contributed by atoms with E-state index >= 15 is 0 Å². The fraction of sp³-hybridized carbons (Fsp3) is 0.400. The summed E-state index contributed by atoms with van der Waals surface area (Å²) >= 11 is 3.39. The first-order valence-corrected chi connectivity index (χ1v) is 9.60. The van der Waals surface area contributed by atoms with Crippen molar-refractivity contribution < 1.29 is 9.53 Å². The molecule has 26 heavy (non-hydrogen) atoms. The first-order chi connectivity index (χ1) is 12.5. The standard InChI is InChI=1S/C20H24BrN3O2/c1-23(2)18-7-5-15(6-8-18)13-24(14-19-4-3-9-26-19)20(25)16-10-17(21)12-22-11-16/h5-8,10-12,19H,3-4,9,13-14H2,1-2H3/t19-/m0/s1. The Balaban J connectivity index is 1.79. The van der Waals surface area contributed by atoms with Crippen LogP contribution in [-0.2, 0) is 11.3 Å². The Morgan fingerprint density at radius 3 is 2.65 bits per heavy atom. The average Bonchev–Trinajstić information content (AvgIpc) is 3.14. The minimum atomic E-state index is -0.0222. The maximum Gasteiger partial charge on any atom is 0.255 e. The molecule has 0 saturated carbocycles. The molecule has 1 aromatic heterocycles. The summed E-state index contributed by atoms with van der Waals surface area (Å²) in [5.74, 6) is -0.0222. The minimum Gasteiger partial charge on any atom is -0.378 e. The number of ether oxygens (including phenoxy) is 1. The summed E-state index contributed by atoms with van der Waals surface area (Å²) in [5.41, 5.74) is 2.83. The second-order valence-corrected chi connectivity index (χ2v) is 7.69. The van der Waals surface area contributed by atoms with Crippen LogP contribution in [-0.4, -0.2) is 49.1 Å². The van der Waals surface area contributed by atoms with Crippen LogP contribution in [0.5, 0.6) is 0 Å².